The van der Waals surface area contributed by atoms with Gasteiger partial charge in [0.1, 0.15) is 4.70 Å². The summed E-state index contributed by atoms with van der Waals surface area (Å²) in [5, 5.41) is 1.42. The maximum Gasteiger partial charge on any atom is 0.262 e. The molecule has 2 aromatic carbocycles. The van der Waals surface area contributed by atoms with Crippen molar-refractivity contribution in [3.8, 4) is 0 Å². The van der Waals surface area contributed by atoms with E-state index in [9.17, 15) is 13.0 Å². The van der Waals surface area contributed by atoms with E-state index in [1.165, 1.54) is 33.7 Å². The predicted octanol–water partition coefficient (Wildman–Crippen LogP) is 7.04. The summed E-state index contributed by atoms with van der Waals surface area (Å²) in [6, 6.07) is 16.7. The molecule has 0 fully saturated rings. The van der Waals surface area contributed by atoms with E-state index in [0.29, 0.717) is 6.54 Å². The minimum atomic E-state index is -4.29. The third-order valence-electron chi connectivity index (χ3n) is 7.00. The lowest BCUT2D eigenvalue weighted by Crippen LogP contribution is -2.37. The molecule has 1 aliphatic carbocycles. The Morgan fingerprint density at radius 2 is 1.92 bits per heavy atom. The Kier molecular flexibility index (Phi) is 8.23. The molecule has 0 saturated carbocycles. The van der Waals surface area contributed by atoms with E-state index in [-0.39, 0.29) is 6.42 Å². The fourth-order valence-electron chi connectivity index (χ4n) is 4.89. The number of aromatic nitrogens is 1. The number of fused-ring (bicyclic) bond motifs is 2. The summed E-state index contributed by atoms with van der Waals surface area (Å²) in [6.07, 6.45) is 14.6. The molecule has 1 unspecified atom stereocenters. The van der Waals surface area contributed by atoms with Crippen molar-refractivity contribution in [1.82, 2.24) is 0 Å². The Bertz CT molecular complexity index is 1560. The molecule has 8 heteroatoms. The Hall–Kier alpha value is -2.65. The highest BCUT2D eigenvalue weighted by molar-refractivity contribution is 8.03. The van der Waals surface area contributed by atoms with Gasteiger partial charge in [-0.15, -0.1) is 0 Å². The number of benzene rings is 2. The summed E-state index contributed by atoms with van der Waals surface area (Å²) >= 11 is 3.52. The summed E-state index contributed by atoms with van der Waals surface area (Å²) in [5.74, 6) is 0. The molecule has 0 bridgehead atoms. The van der Waals surface area contributed by atoms with Crippen molar-refractivity contribution >= 4 is 55.2 Å². The van der Waals surface area contributed by atoms with Crippen LogP contribution in [0.2, 0.25) is 0 Å². The fourth-order valence-corrected chi connectivity index (χ4v) is 7.58. The number of thiazole rings is 1. The minimum Gasteiger partial charge on any atom is -0.748 e. The monoisotopic (exact) mass is 564 g/mol. The van der Waals surface area contributed by atoms with Gasteiger partial charge in [0.15, 0.2) is 6.54 Å². The number of nitrogens with zero attached hydrogens (tertiary/aromatic N) is 2. The van der Waals surface area contributed by atoms with Gasteiger partial charge in [0.25, 0.3) is 5.01 Å². The second-order valence-corrected chi connectivity index (χ2v) is 13.5. The largest absolute Gasteiger partial charge is 0.748 e. The van der Waals surface area contributed by atoms with E-state index in [1.807, 2.05) is 30.0 Å². The van der Waals surface area contributed by atoms with Gasteiger partial charge in [-0.2, -0.15) is 4.57 Å². The van der Waals surface area contributed by atoms with Crippen LogP contribution in [0.1, 0.15) is 44.5 Å². The number of thioether (sulfide) groups is 1. The van der Waals surface area contributed by atoms with Crippen LogP contribution in [0.3, 0.4) is 0 Å². The van der Waals surface area contributed by atoms with Gasteiger partial charge in [0, 0.05) is 30.0 Å². The molecular formula is C30H32N2O3S3. The number of hydrogen-bond acceptors (Lipinski definition) is 6. The Morgan fingerprint density at radius 1 is 1.13 bits per heavy atom. The number of aryl methyl sites for hydroxylation is 1. The van der Waals surface area contributed by atoms with Gasteiger partial charge in [-0.1, -0.05) is 65.6 Å². The first-order valence-corrected chi connectivity index (χ1v) is 16.1. The van der Waals surface area contributed by atoms with E-state index in [1.54, 1.807) is 11.3 Å². The zero-order valence-corrected chi connectivity index (χ0v) is 24.1. The standard InChI is InChI=1S/C30H32N2O3S3/c1-3-31-25-13-4-6-15-27(25)37-30(31)21-24-12-8-10-23(20-24)11-9-17-29-32(19-18-22(2)38(33,34)35)26-14-5-7-16-28(26)36-29/h4-7,9,11,13-17,20-22H,3,8,10,12,18-19H2,1-2H3. The van der Waals surface area contributed by atoms with Gasteiger partial charge in [0.2, 0.25) is 5.52 Å². The van der Waals surface area contributed by atoms with Crippen LogP contribution in [0, 0.1) is 0 Å². The van der Waals surface area contributed by atoms with Crippen molar-refractivity contribution in [2.45, 2.75) is 56.2 Å². The van der Waals surface area contributed by atoms with Crippen LogP contribution < -0.4 is 9.47 Å². The molecule has 0 spiro atoms. The van der Waals surface area contributed by atoms with Crippen molar-refractivity contribution in [1.29, 1.82) is 0 Å². The van der Waals surface area contributed by atoms with Crippen molar-refractivity contribution in [3.63, 3.8) is 0 Å². The molecule has 0 N–H and O–H groups in total. The van der Waals surface area contributed by atoms with Crippen LogP contribution in [0.5, 0.6) is 0 Å². The SMILES string of the molecule is CCN1/C(=C\C2=CC(=C/C=C/c3sc4ccccc4[n+]3CCC(C)S(=O)(=O)[O-])/CCC2)Sc2ccccc21. The van der Waals surface area contributed by atoms with E-state index < -0.39 is 15.4 Å². The molecule has 3 aromatic rings. The number of allylic oxidation sites excluding steroid dienone is 6. The number of hydrogen-bond donors (Lipinski definition) is 0. The molecule has 2 aliphatic rings. The average Bonchev–Trinajstić information content (AvgIpc) is 3.43. The van der Waals surface area contributed by atoms with Crippen LogP contribution in [0.4, 0.5) is 5.69 Å². The van der Waals surface area contributed by atoms with Gasteiger partial charge in [-0.25, -0.2) is 8.42 Å². The van der Waals surface area contributed by atoms with E-state index in [2.05, 4.69) is 77.1 Å². The van der Waals surface area contributed by atoms with E-state index >= 15 is 0 Å². The predicted molar refractivity (Wildman–Crippen MR) is 158 cm³/mol. The van der Waals surface area contributed by atoms with Gasteiger partial charge in [-0.3, -0.25) is 0 Å². The van der Waals surface area contributed by atoms with Crippen LogP contribution in [-0.2, 0) is 16.7 Å². The quantitative estimate of drug-likeness (QED) is 0.217. The maximum atomic E-state index is 11.4. The Labute approximate surface area is 233 Å². The second-order valence-electron chi connectivity index (χ2n) is 9.62. The highest BCUT2D eigenvalue weighted by atomic mass is 32.2. The molecule has 0 saturated heterocycles. The molecule has 0 amide bonds. The average molecular weight is 565 g/mol. The molecule has 1 aromatic heterocycles. The van der Waals surface area contributed by atoms with Gasteiger partial charge >= 0.3 is 0 Å². The normalized spacial score (nSPS) is 19.0. The summed E-state index contributed by atoms with van der Waals surface area (Å²) < 4.78 is 37.5. The lowest BCUT2D eigenvalue weighted by molar-refractivity contribution is -0.669. The van der Waals surface area contributed by atoms with Crippen LogP contribution in [-0.4, -0.2) is 24.8 Å². The summed E-state index contributed by atoms with van der Waals surface area (Å²) in [4.78, 5) is 3.70. The van der Waals surface area contributed by atoms with Crippen LogP contribution in [0.25, 0.3) is 16.3 Å². The van der Waals surface area contributed by atoms with Crippen molar-refractivity contribution in [2.75, 3.05) is 11.4 Å². The number of para-hydroxylation sites is 2. The molecule has 5 rings (SSSR count). The first kappa shape index (κ1) is 26.9. The molecule has 1 atom stereocenters. The van der Waals surface area contributed by atoms with Crippen LogP contribution in [0.15, 0.2) is 93.9 Å². The molecule has 198 valence electrons. The number of rotatable bonds is 8. The highest BCUT2D eigenvalue weighted by Gasteiger charge is 2.24. The highest BCUT2D eigenvalue weighted by Crippen LogP contribution is 2.46. The van der Waals surface area contributed by atoms with Gasteiger partial charge < -0.3 is 9.45 Å². The molecule has 5 nitrogen and oxygen atoms in total. The lowest BCUT2D eigenvalue weighted by Gasteiger charge is -2.19. The minimum absolute atomic E-state index is 0.288. The summed E-state index contributed by atoms with van der Waals surface area (Å²) in [5.41, 5.74) is 5.01. The van der Waals surface area contributed by atoms with Crippen molar-refractivity contribution < 1.29 is 17.5 Å². The topological polar surface area (TPSA) is 64.3 Å². The molecule has 1 aliphatic heterocycles. The van der Waals surface area contributed by atoms with Crippen molar-refractivity contribution in [2.24, 2.45) is 0 Å². The summed E-state index contributed by atoms with van der Waals surface area (Å²) in [6.45, 7) is 5.11. The Morgan fingerprint density at radius 3 is 2.74 bits per heavy atom. The van der Waals surface area contributed by atoms with Gasteiger partial charge in [0.05, 0.1) is 26.1 Å². The maximum absolute atomic E-state index is 11.4. The Balaban J connectivity index is 1.36. The molecule has 38 heavy (non-hydrogen) atoms. The van der Waals surface area contributed by atoms with E-state index in [0.717, 1.165) is 41.0 Å². The van der Waals surface area contributed by atoms with Crippen molar-refractivity contribution in [3.05, 3.63) is 94.0 Å². The van der Waals surface area contributed by atoms with E-state index in [4.69, 9.17) is 0 Å². The van der Waals surface area contributed by atoms with Gasteiger partial charge in [-0.05, 0) is 68.5 Å². The molecular weight excluding hydrogens is 533 g/mol. The smallest absolute Gasteiger partial charge is 0.262 e. The first-order chi connectivity index (χ1) is 18.3. The second kappa shape index (κ2) is 11.6. The summed E-state index contributed by atoms with van der Waals surface area (Å²) in [7, 11) is -4.29. The number of anilines is 1. The lowest BCUT2D eigenvalue weighted by atomic mass is 9.95. The zero-order valence-electron chi connectivity index (χ0n) is 21.7. The molecule has 2 heterocycles. The fraction of sp³-hybridized carbons (Fsp3) is 0.300. The molecule has 0 radical (unpaired) electrons. The zero-order chi connectivity index (χ0) is 26.7. The first-order valence-electron chi connectivity index (χ1n) is 13.0. The third kappa shape index (κ3) is 5.99. The third-order valence-corrected chi connectivity index (χ3v) is 10.5. The van der Waals surface area contributed by atoms with Crippen LogP contribution >= 0.6 is 23.1 Å².